The highest BCUT2D eigenvalue weighted by molar-refractivity contribution is 7.80. The van der Waals surface area contributed by atoms with Gasteiger partial charge in [-0.15, -0.1) is 0 Å². The van der Waals surface area contributed by atoms with Crippen LogP contribution in [0.5, 0.6) is 0 Å². The van der Waals surface area contributed by atoms with E-state index in [-0.39, 0.29) is 0 Å². The molecule has 72 valence electrons. The first-order valence-corrected chi connectivity index (χ1v) is 5.42. The van der Waals surface area contributed by atoms with Crippen molar-refractivity contribution in [2.45, 2.75) is 12.8 Å². The van der Waals surface area contributed by atoms with Crippen molar-refractivity contribution < 1.29 is 0 Å². The van der Waals surface area contributed by atoms with Crippen molar-refractivity contribution in [3.8, 4) is 0 Å². The van der Waals surface area contributed by atoms with E-state index in [2.05, 4.69) is 48.3 Å². The fourth-order valence-corrected chi connectivity index (χ4v) is 1.42. The van der Waals surface area contributed by atoms with Crippen LogP contribution in [0, 0.1) is 0 Å². The third kappa shape index (κ3) is 4.96. The maximum Gasteiger partial charge on any atom is 0.00397 e. The smallest absolute Gasteiger partial charge is 0.00397 e. The zero-order valence-corrected chi connectivity index (χ0v) is 8.76. The number of thiol groups is 1. The van der Waals surface area contributed by atoms with Gasteiger partial charge in [-0.05, 0) is 24.9 Å². The van der Waals surface area contributed by atoms with Gasteiger partial charge in [0, 0.05) is 12.3 Å². The zero-order valence-electron chi connectivity index (χ0n) is 7.87. The standard InChI is InChI=1S/C11H17NS/c13-10-9-12-8-4-7-11-5-2-1-3-6-11/h1-3,5-6,12-13H,4,7-10H2. The predicted molar refractivity (Wildman–Crippen MR) is 61.5 cm³/mol. The minimum atomic E-state index is 0.922. The first-order valence-electron chi connectivity index (χ1n) is 4.79. The molecular weight excluding hydrogens is 178 g/mol. The maximum absolute atomic E-state index is 4.13. The van der Waals surface area contributed by atoms with E-state index in [0.717, 1.165) is 18.8 Å². The molecule has 0 radical (unpaired) electrons. The van der Waals surface area contributed by atoms with Gasteiger partial charge in [-0.25, -0.2) is 0 Å². The lowest BCUT2D eigenvalue weighted by molar-refractivity contribution is 0.676. The Morgan fingerprint density at radius 2 is 1.85 bits per heavy atom. The SMILES string of the molecule is SCCNCCCc1ccccc1. The molecule has 0 fully saturated rings. The van der Waals surface area contributed by atoms with E-state index < -0.39 is 0 Å². The second-order valence-electron chi connectivity index (χ2n) is 3.06. The fraction of sp³-hybridized carbons (Fsp3) is 0.455. The number of hydrogen-bond acceptors (Lipinski definition) is 2. The van der Waals surface area contributed by atoms with E-state index in [9.17, 15) is 0 Å². The lowest BCUT2D eigenvalue weighted by Crippen LogP contribution is -2.18. The van der Waals surface area contributed by atoms with Crippen LogP contribution in [0.4, 0.5) is 0 Å². The summed E-state index contributed by atoms with van der Waals surface area (Å²) < 4.78 is 0. The van der Waals surface area contributed by atoms with Gasteiger partial charge in [0.2, 0.25) is 0 Å². The fourth-order valence-electron chi connectivity index (χ4n) is 1.27. The van der Waals surface area contributed by atoms with Crippen molar-refractivity contribution in [1.82, 2.24) is 5.32 Å². The minimum absolute atomic E-state index is 0.922. The molecule has 1 aromatic carbocycles. The minimum Gasteiger partial charge on any atom is -0.316 e. The van der Waals surface area contributed by atoms with E-state index in [1.165, 1.54) is 18.4 Å². The summed E-state index contributed by atoms with van der Waals surface area (Å²) in [4.78, 5) is 0. The van der Waals surface area contributed by atoms with Crippen LogP contribution in [0.3, 0.4) is 0 Å². The maximum atomic E-state index is 4.13. The lowest BCUT2D eigenvalue weighted by Gasteiger charge is -2.02. The molecule has 0 bridgehead atoms. The summed E-state index contributed by atoms with van der Waals surface area (Å²) in [6.07, 6.45) is 2.37. The molecule has 1 aromatic rings. The Morgan fingerprint density at radius 3 is 2.54 bits per heavy atom. The molecule has 0 spiro atoms. The summed E-state index contributed by atoms with van der Waals surface area (Å²) in [7, 11) is 0. The van der Waals surface area contributed by atoms with Crippen LogP contribution >= 0.6 is 12.6 Å². The molecule has 2 heteroatoms. The monoisotopic (exact) mass is 195 g/mol. The molecule has 1 rings (SSSR count). The second-order valence-corrected chi connectivity index (χ2v) is 3.51. The molecule has 1 N–H and O–H groups in total. The number of rotatable bonds is 6. The quantitative estimate of drug-likeness (QED) is 0.523. The van der Waals surface area contributed by atoms with Gasteiger partial charge < -0.3 is 5.32 Å². The van der Waals surface area contributed by atoms with Crippen molar-refractivity contribution in [2.24, 2.45) is 0 Å². The number of nitrogens with one attached hydrogen (secondary N) is 1. The van der Waals surface area contributed by atoms with E-state index in [0.29, 0.717) is 0 Å². The van der Waals surface area contributed by atoms with Crippen LogP contribution in [0.15, 0.2) is 30.3 Å². The highest BCUT2D eigenvalue weighted by Gasteiger charge is 1.90. The Kier molecular flexibility index (Phi) is 5.70. The Hall–Kier alpha value is -0.470. The van der Waals surface area contributed by atoms with E-state index in [1.807, 2.05) is 0 Å². The predicted octanol–water partition coefficient (Wildman–Crippen LogP) is 2.14. The average Bonchev–Trinajstić information content (AvgIpc) is 2.19. The first kappa shape index (κ1) is 10.6. The third-order valence-corrected chi connectivity index (χ3v) is 2.17. The normalized spacial score (nSPS) is 10.2. The van der Waals surface area contributed by atoms with Crippen molar-refractivity contribution in [3.05, 3.63) is 35.9 Å². The summed E-state index contributed by atoms with van der Waals surface area (Å²) in [5, 5.41) is 3.33. The highest BCUT2D eigenvalue weighted by Crippen LogP contribution is 2.01. The summed E-state index contributed by atoms with van der Waals surface area (Å²) in [5.74, 6) is 0.922. The first-order chi connectivity index (χ1) is 6.43. The summed E-state index contributed by atoms with van der Waals surface area (Å²) >= 11 is 4.13. The molecule has 1 nitrogen and oxygen atoms in total. The molecule has 13 heavy (non-hydrogen) atoms. The molecule has 0 amide bonds. The zero-order chi connectivity index (χ0) is 9.36. The number of benzene rings is 1. The van der Waals surface area contributed by atoms with E-state index >= 15 is 0 Å². The van der Waals surface area contributed by atoms with Gasteiger partial charge in [0.15, 0.2) is 0 Å². The highest BCUT2D eigenvalue weighted by atomic mass is 32.1. The molecule has 0 heterocycles. The molecule has 0 aliphatic heterocycles. The molecule has 0 aliphatic rings. The largest absolute Gasteiger partial charge is 0.316 e. The van der Waals surface area contributed by atoms with Gasteiger partial charge >= 0.3 is 0 Å². The molecule has 0 unspecified atom stereocenters. The summed E-state index contributed by atoms with van der Waals surface area (Å²) in [6, 6.07) is 10.6. The van der Waals surface area contributed by atoms with Crippen molar-refractivity contribution >= 4 is 12.6 Å². The molecule has 0 aromatic heterocycles. The second kappa shape index (κ2) is 6.98. The molecular formula is C11H17NS. The van der Waals surface area contributed by atoms with Gasteiger partial charge in [-0.3, -0.25) is 0 Å². The van der Waals surface area contributed by atoms with E-state index in [1.54, 1.807) is 0 Å². The topological polar surface area (TPSA) is 12.0 Å². The van der Waals surface area contributed by atoms with Crippen LogP contribution in [0.25, 0.3) is 0 Å². The van der Waals surface area contributed by atoms with Gasteiger partial charge in [0.05, 0.1) is 0 Å². The third-order valence-electron chi connectivity index (χ3n) is 1.95. The Labute approximate surface area is 86.0 Å². The molecule has 0 saturated heterocycles. The van der Waals surface area contributed by atoms with Crippen LogP contribution in [-0.2, 0) is 6.42 Å². The van der Waals surface area contributed by atoms with Gasteiger partial charge in [0.25, 0.3) is 0 Å². The lowest BCUT2D eigenvalue weighted by atomic mass is 10.1. The van der Waals surface area contributed by atoms with Crippen molar-refractivity contribution in [1.29, 1.82) is 0 Å². The van der Waals surface area contributed by atoms with Gasteiger partial charge in [-0.2, -0.15) is 12.6 Å². The Bertz CT molecular complexity index is 211. The number of aryl methyl sites for hydroxylation is 1. The Balaban J connectivity index is 2.07. The van der Waals surface area contributed by atoms with Crippen LogP contribution in [-0.4, -0.2) is 18.8 Å². The van der Waals surface area contributed by atoms with Crippen LogP contribution in [0.2, 0.25) is 0 Å². The Morgan fingerprint density at radius 1 is 1.08 bits per heavy atom. The average molecular weight is 195 g/mol. The van der Waals surface area contributed by atoms with Crippen molar-refractivity contribution in [3.63, 3.8) is 0 Å². The van der Waals surface area contributed by atoms with Crippen molar-refractivity contribution in [2.75, 3.05) is 18.8 Å². The molecule has 0 saturated carbocycles. The summed E-state index contributed by atoms with van der Waals surface area (Å²) in [6.45, 7) is 2.10. The molecule has 0 atom stereocenters. The molecule has 0 aliphatic carbocycles. The van der Waals surface area contributed by atoms with Crippen LogP contribution < -0.4 is 5.32 Å². The van der Waals surface area contributed by atoms with Gasteiger partial charge in [0.1, 0.15) is 0 Å². The summed E-state index contributed by atoms with van der Waals surface area (Å²) in [5.41, 5.74) is 1.43. The van der Waals surface area contributed by atoms with E-state index in [4.69, 9.17) is 0 Å². The van der Waals surface area contributed by atoms with Gasteiger partial charge in [-0.1, -0.05) is 30.3 Å². The number of hydrogen-bond donors (Lipinski definition) is 2. The van der Waals surface area contributed by atoms with Crippen LogP contribution in [0.1, 0.15) is 12.0 Å².